The van der Waals surface area contributed by atoms with Crippen LogP contribution in [0, 0.1) is 11.6 Å². The summed E-state index contributed by atoms with van der Waals surface area (Å²) in [5.74, 6) is -2.13. The molecule has 0 atom stereocenters. The average molecular weight is 511 g/mol. The molecule has 0 saturated carbocycles. The average Bonchev–Trinajstić information content (AvgIpc) is 2.72. The zero-order valence-electron chi connectivity index (χ0n) is 16.5. The van der Waals surface area contributed by atoms with Crippen LogP contribution in [0.3, 0.4) is 0 Å². The molecule has 0 amide bonds. The van der Waals surface area contributed by atoms with Crippen molar-refractivity contribution in [2.24, 2.45) is 0 Å². The molecular formula is C21H13F8NO3S. The van der Waals surface area contributed by atoms with Crippen LogP contribution in [0.4, 0.5) is 40.8 Å². The Hall–Kier alpha value is -3.19. The van der Waals surface area contributed by atoms with E-state index in [1.165, 1.54) is 24.3 Å². The summed E-state index contributed by atoms with van der Waals surface area (Å²) in [4.78, 5) is -0.249. The van der Waals surface area contributed by atoms with Gasteiger partial charge in [0.15, 0.2) is 0 Å². The van der Waals surface area contributed by atoms with Gasteiger partial charge in [-0.1, -0.05) is 24.3 Å². The maximum absolute atomic E-state index is 14.5. The van der Waals surface area contributed by atoms with E-state index in [0.717, 1.165) is 24.3 Å². The summed E-state index contributed by atoms with van der Waals surface area (Å²) in [6.07, 6.45) is -12.3. The first kappa shape index (κ1) is 25.4. The van der Waals surface area contributed by atoms with Crippen molar-refractivity contribution in [3.8, 4) is 11.1 Å². The van der Waals surface area contributed by atoms with E-state index in [9.17, 15) is 48.6 Å². The van der Waals surface area contributed by atoms with Gasteiger partial charge in [0.25, 0.3) is 15.6 Å². The van der Waals surface area contributed by atoms with Crippen molar-refractivity contribution in [1.29, 1.82) is 0 Å². The van der Waals surface area contributed by atoms with E-state index in [2.05, 4.69) is 4.72 Å². The topological polar surface area (TPSA) is 66.4 Å². The lowest BCUT2D eigenvalue weighted by atomic mass is 9.90. The molecule has 182 valence electrons. The summed E-state index contributed by atoms with van der Waals surface area (Å²) < 4.78 is 132. The van der Waals surface area contributed by atoms with Crippen LogP contribution in [0.15, 0.2) is 71.6 Å². The number of alkyl halides is 6. The molecule has 13 heteroatoms. The van der Waals surface area contributed by atoms with Crippen molar-refractivity contribution in [2.45, 2.75) is 22.8 Å². The van der Waals surface area contributed by atoms with Crippen LogP contribution in [0.25, 0.3) is 11.1 Å². The second-order valence-electron chi connectivity index (χ2n) is 7.04. The van der Waals surface area contributed by atoms with Crippen LogP contribution in [0.2, 0.25) is 0 Å². The molecule has 0 heterocycles. The van der Waals surface area contributed by atoms with E-state index in [4.69, 9.17) is 0 Å². The van der Waals surface area contributed by atoms with Gasteiger partial charge in [-0.2, -0.15) is 26.3 Å². The number of nitrogens with one attached hydrogen (secondary N) is 1. The standard InChI is InChI=1S/C21H13F8NO3S/c22-14-4-8-16(9-5-14)34(32,33)30-15-6-1-12(2-7-15)17-10-3-13(11-18(17)23)19(31,20(24,25)26)21(27,28)29/h1-11,30-31H. The van der Waals surface area contributed by atoms with Crippen LogP contribution in [0.5, 0.6) is 0 Å². The van der Waals surface area contributed by atoms with Gasteiger partial charge in [-0.3, -0.25) is 4.72 Å². The lowest BCUT2D eigenvalue weighted by Gasteiger charge is -2.32. The molecule has 3 aromatic carbocycles. The molecule has 4 nitrogen and oxygen atoms in total. The summed E-state index contributed by atoms with van der Waals surface area (Å²) in [6.45, 7) is 0. The highest BCUT2D eigenvalue weighted by Gasteiger charge is 2.71. The molecule has 34 heavy (non-hydrogen) atoms. The van der Waals surface area contributed by atoms with Crippen molar-refractivity contribution < 1.29 is 48.6 Å². The Morgan fingerprint density at radius 1 is 0.735 bits per heavy atom. The van der Waals surface area contributed by atoms with E-state index in [-0.39, 0.29) is 22.2 Å². The first-order valence-electron chi connectivity index (χ1n) is 9.11. The Morgan fingerprint density at radius 3 is 1.74 bits per heavy atom. The number of halogens is 8. The van der Waals surface area contributed by atoms with Crippen molar-refractivity contribution in [1.82, 2.24) is 0 Å². The van der Waals surface area contributed by atoms with Gasteiger partial charge < -0.3 is 5.11 Å². The first-order chi connectivity index (χ1) is 15.6. The Labute approximate surface area is 187 Å². The second-order valence-corrected chi connectivity index (χ2v) is 8.72. The van der Waals surface area contributed by atoms with Gasteiger partial charge in [0, 0.05) is 16.8 Å². The van der Waals surface area contributed by atoms with Crippen molar-refractivity contribution in [3.63, 3.8) is 0 Å². The van der Waals surface area contributed by atoms with Gasteiger partial charge in [0.1, 0.15) is 11.6 Å². The highest BCUT2D eigenvalue weighted by molar-refractivity contribution is 7.92. The maximum Gasteiger partial charge on any atom is 0.430 e. The van der Waals surface area contributed by atoms with E-state index >= 15 is 0 Å². The summed E-state index contributed by atoms with van der Waals surface area (Å²) in [5.41, 5.74) is -7.44. The van der Waals surface area contributed by atoms with Crippen LogP contribution in [-0.4, -0.2) is 25.9 Å². The first-order valence-corrected chi connectivity index (χ1v) is 10.6. The highest BCUT2D eigenvalue weighted by atomic mass is 32.2. The molecule has 3 aromatic rings. The quantitative estimate of drug-likeness (QED) is 0.429. The van der Waals surface area contributed by atoms with E-state index in [1.807, 2.05) is 0 Å². The predicted octanol–water partition coefficient (Wildman–Crippen LogP) is 5.74. The Kier molecular flexibility index (Phi) is 6.39. The fraction of sp³-hybridized carbons (Fsp3) is 0.143. The Morgan fingerprint density at radius 2 is 1.26 bits per heavy atom. The largest absolute Gasteiger partial charge is 0.430 e. The van der Waals surface area contributed by atoms with E-state index < -0.39 is 50.7 Å². The normalized spacial score (nSPS) is 13.1. The zero-order valence-corrected chi connectivity index (χ0v) is 17.4. The number of anilines is 1. The summed E-state index contributed by atoms with van der Waals surface area (Å²) >= 11 is 0. The van der Waals surface area contributed by atoms with Crippen LogP contribution >= 0.6 is 0 Å². The third-order valence-electron chi connectivity index (χ3n) is 4.78. The van der Waals surface area contributed by atoms with E-state index in [1.54, 1.807) is 0 Å². The molecule has 0 aliphatic heterocycles. The maximum atomic E-state index is 14.5. The second kappa shape index (κ2) is 8.55. The fourth-order valence-corrected chi connectivity index (χ4v) is 4.07. The molecular weight excluding hydrogens is 498 g/mol. The number of rotatable bonds is 5. The number of benzene rings is 3. The van der Waals surface area contributed by atoms with Gasteiger partial charge in [-0.05, 0) is 48.0 Å². The minimum absolute atomic E-state index is 0.00339. The smallest absolute Gasteiger partial charge is 0.369 e. The third kappa shape index (κ3) is 4.71. The molecule has 0 fully saturated rings. The fourth-order valence-electron chi connectivity index (χ4n) is 3.01. The molecule has 2 N–H and O–H groups in total. The minimum Gasteiger partial charge on any atom is -0.369 e. The molecule has 0 aliphatic carbocycles. The van der Waals surface area contributed by atoms with Gasteiger partial charge in [-0.15, -0.1) is 0 Å². The lowest BCUT2D eigenvalue weighted by Crippen LogP contribution is -2.53. The Balaban J connectivity index is 1.90. The molecule has 0 unspecified atom stereocenters. The van der Waals surface area contributed by atoms with Gasteiger partial charge in [0.2, 0.25) is 0 Å². The van der Waals surface area contributed by atoms with Crippen LogP contribution < -0.4 is 4.72 Å². The SMILES string of the molecule is O=S(=O)(Nc1ccc(-c2ccc(C(O)(C(F)(F)F)C(F)(F)F)cc2F)cc1)c1ccc(F)cc1. The molecule has 0 bridgehead atoms. The number of sulfonamides is 1. The summed E-state index contributed by atoms with van der Waals surface area (Å²) in [7, 11) is -4.10. The van der Waals surface area contributed by atoms with Gasteiger partial charge in [0.05, 0.1) is 4.90 Å². The summed E-state index contributed by atoms with van der Waals surface area (Å²) in [5, 5.41) is 9.39. The molecule has 0 saturated heterocycles. The number of hydrogen-bond donors (Lipinski definition) is 2. The van der Waals surface area contributed by atoms with E-state index in [0.29, 0.717) is 12.1 Å². The minimum atomic E-state index is -6.16. The van der Waals surface area contributed by atoms with Crippen molar-refractivity contribution in [3.05, 3.63) is 83.9 Å². The van der Waals surface area contributed by atoms with Crippen LogP contribution in [-0.2, 0) is 15.6 Å². The number of aliphatic hydroxyl groups is 1. The Bertz CT molecular complexity index is 1270. The zero-order chi connectivity index (χ0) is 25.5. The monoisotopic (exact) mass is 511 g/mol. The number of hydrogen-bond acceptors (Lipinski definition) is 3. The molecule has 0 aromatic heterocycles. The summed E-state index contributed by atoms with van der Waals surface area (Å²) in [6, 6.07) is 9.44. The van der Waals surface area contributed by atoms with Gasteiger partial charge in [-0.25, -0.2) is 17.2 Å². The highest BCUT2D eigenvalue weighted by Crippen LogP contribution is 2.50. The van der Waals surface area contributed by atoms with Crippen molar-refractivity contribution >= 4 is 15.7 Å². The third-order valence-corrected chi connectivity index (χ3v) is 6.18. The van der Waals surface area contributed by atoms with Crippen molar-refractivity contribution in [2.75, 3.05) is 4.72 Å². The van der Waals surface area contributed by atoms with Gasteiger partial charge >= 0.3 is 12.4 Å². The van der Waals surface area contributed by atoms with Crippen LogP contribution in [0.1, 0.15) is 5.56 Å². The molecule has 0 radical (unpaired) electrons. The molecule has 3 rings (SSSR count). The predicted molar refractivity (Wildman–Crippen MR) is 105 cm³/mol. The molecule has 0 aliphatic rings. The lowest BCUT2D eigenvalue weighted by molar-refractivity contribution is -0.376. The molecule has 0 spiro atoms.